The molecule has 3 fully saturated rings. The van der Waals surface area contributed by atoms with E-state index in [0.717, 1.165) is 127 Å². The van der Waals surface area contributed by atoms with Gasteiger partial charge in [-0.3, -0.25) is 24.8 Å². The predicted molar refractivity (Wildman–Crippen MR) is 166 cm³/mol. The number of hydroxylamine groups is 1. The molecule has 0 radical (unpaired) electrons. The maximum absolute atomic E-state index is 13.9. The fraction of sp³-hybridized carbons (Fsp3) is 0.765. The number of piperidine rings is 2. The molecule has 238 valence electrons. The fourth-order valence-electron chi connectivity index (χ4n) is 8.18. The van der Waals surface area contributed by atoms with Crippen molar-refractivity contribution in [3.63, 3.8) is 0 Å². The molecule has 3 saturated heterocycles. The van der Waals surface area contributed by atoms with Gasteiger partial charge in [-0.2, -0.15) is 0 Å². The monoisotopic (exact) mass is 595 g/mol. The first-order valence-electron chi connectivity index (χ1n) is 16.7. The van der Waals surface area contributed by atoms with Crippen LogP contribution in [0.3, 0.4) is 0 Å². The van der Waals surface area contributed by atoms with Gasteiger partial charge in [-0.1, -0.05) is 25.8 Å². The normalized spacial score (nSPS) is 27.5. The number of ether oxygens (including phenoxy) is 1. The van der Waals surface area contributed by atoms with Crippen molar-refractivity contribution in [3.05, 3.63) is 35.1 Å². The van der Waals surface area contributed by atoms with Gasteiger partial charge in [0.2, 0.25) is 0 Å². The van der Waals surface area contributed by atoms with E-state index in [0.29, 0.717) is 11.5 Å². The van der Waals surface area contributed by atoms with Crippen molar-refractivity contribution in [1.29, 1.82) is 0 Å². The van der Waals surface area contributed by atoms with Crippen molar-refractivity contribution in [2.75, 3.05) is 33.3 Å². The Labute approximate surface area is 258 Å². The molecule has 0 aromatic carbocycles. The van der Waals surface area contributed by atoms with Crippen LogP contribution in [0, 0.1) is 25.2 Å². The second kappa shape index (κ2) is 13.2. The molecule has 4 aliphatic rings. The van der Waals surface area contributed by atoms with E-state index in [-0.39, 0.29) is 28.4 Å². The molecule has 0 bridgehead atoms. The molecule has 1 aromatic rings. The number of nitrogens with zero attached hydrogens (tertiary/aromatic N) is 4. The number of aromatic nitrogens is 2. The molecule has 43 heavy (non-hydrogen) atoms. The highest BCUT2D eigenvalue weighted by molar-refractivity contribution is 5.96. The smallest absolute Gasteiger partial charge is 0.312 e. The average Bonchev–Trinajstić information content (AvgIpc) is 3.00. The minimum absolute atomic E-state index is 0.0459. The highest BCUT2D eigenvalue weighted by Crippen LogP contribution is 2.50. The zero-order valence-corrected chi connectivity index (χ0v) is 27.2. The van der Waals surface area contributed by atoms with Gasteiger partial charge in [-0.25, -0.2) is 9.97 Å². The van der Waals surface area contributed by atoms with Crippen LogP contribution < -0.4 is 5.48 Å². The molecule has 3 aliphatic heterocycles. The second-order valence-electron chi connectivity index (χ2n) is 14.0. The summed E-state index contributed by atoms with van der Waals surface area (Å²) in [6.07, 6.45) is 16.5. The third-order valence-corrected chi connectivity index (χ3v) is 11.2. The van der Waals surface area contributed by atoms with Crippen molar-refractivity contribution in [2.45, 2.75) is 122 Å². The average molecular weight is 596 g/mol. The molecule has 9 nitrogen and oxygen atoms in total. The van der Waals surface area contributed by atoms with Gasteiger partial charge >= 0.3 is 5.97 Å². The van der Waals surface area contributed by atoms with E-state index in [1.165, 1.54) is 6.33 Å². The molecule has 1 amide bonds. The fourth-order valence-corrected chi connectivity index (χ4v) is 8.18. The quantitative estimate of drug-likeness (QED) is 0.289. The summed E-state index contributed by atoms with van der Waals surface area (Å²) in [6.45, 7) is 11.7. The molecule has 2 atom stereocenters. The van der Waals surface area contributed by atoms with Gasteiger partial charge in [0.15, 0.2) is 0 Å². The Kier molecular flexibility index (Phi) is 9.81. The second-order valence-corrected chi connectivity index (χ2v) is 14.0. The number of aryl methyl sites for hydroxylation is 2. The zero-order valence-electron chi connectivity index (χ0n) is 27.2. The van der Waals surface area contributed by atoms with Crippen molar-refractivity contribution in [1.82, 2.24) is 25.2 Å². The van der Waals surface area contributed by atoms with Crippen molar-refractivity contribution in [3.8, 4) is 0 Å². The van der Waals surface area contributed by atoms with Gasteiger partial charge in [0.05, 0.1) is 29.5 Å². The lowest BCUT2D eigenvalue weighted by molar-refractivity contribution is -0.197. The minimum atomic E-state index is -0.338. The molecule has 0 saturated carbocycles. The Morgan fingerprint density at radius 3 is 2.35 bits per heavy atom. The number of hydrogen-bond donors (Lipinski definition) is 1. The van der Waals surface area contributed by atoms with Crippen LogP contribution in [0.25, 0.3) is 0 Å². The summed E-state index contributed by atoms with van der Waals surface area (Å²) in [5, 5.41) is 0. The highest BCUT2D eigenvalue weighted by Gasteiger charge is 2.53. The number of carbonyl (C=O) groups excluding carboxylic acids is 2. The number of carbonyl (C=O) groups is 2. The van der Waals surface area contributed by atoms with Crippen LogP contribution in [0.1, 0.15) is 119 Å². The number of nitrogens with one attached hydrogen (secondary N) is 1. The number of unbranched alkanes of at least 4 members (excludes halogenated alkanes) is 1. The van der Waals surface area contributed by atoms with Gasteiger partial charge in [0.25, 0.3) is 5.91 Å². The van der Waals surface area contributed by atoms with Crippen molar-refractivity contribution < 1.29 is 19.2 Å². The first kappa shape index (κ1) is 31.9. The van der Waals surface area contributed by atoms with E-state index in [1.54, 1.807) is 7.11 Å². The first-order chi connectivity index (χ1) is 20.6. The van der Waals surface area contributed by atoms with E-state index in [2.05, 4.69) is 40.3 Å². The number of likely N-dealkylation sites (tertiary alicyclic amines) is 2. The predicted octanol–water partition coefficient (Wildman–Crippen LogP) is 5.66. The largest absolute Gasteiger partial charge is 0.459 e. The van der Waals surface area contributed by atoms with Gasteiger partial charge in [0.1, 0.15) is 11.9 Å². The summed E-state index contributed by atoms with van der Waals surface area (Å²) in [6, 6.07) is 0. The van der Waals surface area contributed by atoms with E-state index in [1.807, 2.05) is 18.7 Å². The Morgan fingerprint density at radius 1 is 1.07 bits per heavy atom. The van der Waals surface area contributed by atoms with Crippen LogP contribution in [-0.2, 0) is 14.4 Å². The van der Waals surface area contributed by atoms with E-state index in [9.17, 15) is 9.59 Å². The first-order valence-corrected chi connectivity index (χ1v) is 16.7. The van der Waals surface area contributed by atoms with Gasteiger partial charge in [0, 0.05) is 37.4 Å². The lowest BCUT2D eigenvalue weighted by Gasteiger charge is -2.54. The maximum atomic E-state index is 13.9. The molecular formula is C34H53N5O4. The number of esters is 1. The summed E-state index contributed by atoms with van der Waals surface area (Å²) in [5.74, 6) is 0.633. The van der Waals surface area contributed by atoms with E-state index < -0.39 is 0 Å². The van der Waals surface area contributed by atoms with Crippen LogP contribution in [0.4, 0.5) is 0 Å². The third-order valence-electron chi connectivity index (χ3n) is 11.2. The van der Waals surface area contributed by atoms with Crippen LogP contribution in [0.2, 0.25) is 0 Å². The Balaban J connectivity index is 1.16. The van der Waals surface area contributed by atoms with E-state index in [4.69, 9.17) is 9.57 Å². The Bertz CT molecular complexity index is 1160. The van der Waals surface area contributed by atoms with Crippen molar-refractivity contribution in [2.24, 2.45) is 11.3 Å². The molecule has 1 aromatic heterocycles. The number of allylic oxidation sites excluding steroid dienone is 2. The molecule has 5 rings (SSSR count). The maximum Gasteiger partial charge on any atom is 0.312 e. The minimum Gasteiger partial charge on any atom is -0.459 e. The van der Waals surface area contributed by atoms with Gasteiger partial charge < -0.3 is 9.64 Å². The third kappa shape index (κ3) is 6.77. The lowest BCUT2D eigenvalue weighted by Crippen LogP contribution is -2.60. The van der Waals surface area contributed by atoms with Crippen LogP contribution >= 0.6 is 0 Å². The summed E-state index contributed by atoms with van der Waals surface area (Å²) < 4.78 is 6.54. The molecule has 1 aliphatic carbocycles. The standard InChI is InChI=1S/C34H53N5O4/c1-6-7-12-33(23-27-8-10-28(11-9-27)37-42-5)13-14-34(43-31(33)41)17-21-39(22-18-34)32(4)15-19-38(20-16-32)30(40)29-25(2)35-24-36-26(29)3/h10,24,27,37H,6-9,11-23H2,1-5H3. The van der Waals surface area contributed by atoms with Crippen LogP contribution in [-0.4, -0.2) is 76.1 Å². The number of hydrogen-bond acceptors (Lipinski definition) is 8. The molecule has 9 heteroatoms. The highest BCUT2D eigenvalue weighted by atomic mass is 16.6. The van der Waals surface area contributed by atoms with Crippen molar-refractivity contribution >= 4 is 11.9 Å². The topological polar surface area (TPSA) is 96.9 Å². The number of rotatable bonds is 9. The molecule has 2 unspecified atom stereocenters. The number of amides is 1. The summed E-state index contributed by atoms with van der Waals surface area (Å²) in [7, 11) is 1.65. The van der Waals surface area contributed by atoms with Gasteiger partial charge in [-0.05, 0) is 97.3 Å². The van der Waals surface area contributed by atoms with Crippen LogP contribution in [0.5, 0.6) is 0 Å². The van der Waals surface area contributed by atoms with Gasteiger partial charge in [-0.15, -0.1) is 0 Å². The Morgan fingerprint density at radius 2 is 1.77 bits per heavy atom. The zero-order chi connectivity index (χ0) is 30.7. The molecule has 4 heterocycles. The molecule has 1 N–H and O–H groups in total. The summed E-state index contributed by atoms with van der Waals surface area (Å²) >= 11 is 0. The molecule has 1 spiro atoms. The Hall–Kier alpha value is -2.52. The van der Waals surface area contributed by atoms with Crippen LogP contribution in [0.15, 0.2) is 18.1 Å². The van der Waals surface area contributed by atoms with E-state index >= 15 is 0 Å². The lowest BCUT2D eigenvalue weighted by atomic mass is 9.66. The molecular weight excluding hydrogens is 542 g/mol. The summed E-state index contributed by atoms with van der Waals surface area (Å²) in [4.78, 5) is 45.4. The summed E-state index contributed by atoms with van der Waals surface area (Å²) in [5.41, 5.74) is 5.67. The SMILES string of the molecule is CCCCC1(CC2CC=C(NOC)CC2)CCC2(CCN(C3(C)CCN(C(=O)c4c(C)ncnc4C)CC3)CC2)OC1=O.